The smallest absolute Gasteiger partial charge is 0.133 e. The van der Waals surface area contributed by atoms with E-state index in [4.69, 9.17) is 12.8 Å². The van der Waals surface area contributed by atoms with Gasteiger partial charge in [0.15, 0.2) is 0 Å². The summed E-state index contributed by atoms with van der Waals surface area (Å²) in [7, 11) is 0. The molecule has 0 radical (unpaired) electrons. The van der Waals surface area contributed by atoms with Gasteiger partial charge < -0.3 is 5.11 Å². The summed E-state index contributed by atoms with van der Waals surface area (Å²) in [6.45, 7) is 0. The Labute approximate surface area is 198 Å². The third-order valence-corrected chi connectivity index (χ3v) is 4.48. The maximum atomic E-state index is 9.18. The fourth-order valence-corrected chi connectivity index (χ4v) is 2.65. The minimum atomic E-state index is -0.757. The van der Waals surface area contributed by atoms with E-state index in [0.29, 0.717) is 0 Å². The molecule has 1 heteroatoms. The van der Waals surface area contributed by atoms with Crippen LogP contribution in [0.25, 0.3) is 0 Å². The number of unbranched alkanes of at least 4 members (excludes halogenated alkanes) is 12. The van der Waals surface area contributed by atoms with Gasteiger partial charge in [0.2, 0.25) is 0 Å². The maximum absolute atomic E-state index is 9.18. The predicted octanol–water partition coefficient (Wildman–Crippen LogP) is 6.43. The molecule has 0 heterocycles. The third-order valence-electron chi connectivity index (χ3n) is 4.48. The molecule has 0 aliphatic carbocycles. The molecular formula is C31H38O. The first-order valence-electron chi connectivity index (χ1n) is 11.9. The molecular weight excluding hydrogens is 388 g/mol. The Balaban J connectivity index is 3.49. The SMILES string of the molecule is C#CCCCCCC#CCCCC#CCCCC#CC#CCCCCC/C=C/[C@H](O)C#C. The van der Waals surface area contributed by atoms with E-state index < -0.39 is 6.10 Å². The second-order valence-corrected chi connectivity index (χ2v) is 7.42. The van der Waals surface area contributed by atoms with Gasteiger partial charge in [0, 0.05) is 44.9 Å². The Hall–Kier alpha value is -2.94. The Morgan fingerprint density at radius 3 is 1.59 bits per heavy atom. The average Bonchev–Trinajstić information content (AvgIpc) is 2.81. The lowest BCUT2D eigenvalue weighted by molar-refractivity contribution is 0.280. The van der Waals surface area contributed by atoms with Crippen molar-refractivity contribution in [1.29, 1.82) is 0 Å². The van der Waals surface area contributed by atoms with Crippen LogP contribution >= 0.6 is 0 Å². The molecule has 0 amide bonds. The van der Waals surface area contributed by atoms with Crippen molar-refractivity contribution in [3.63, 3.8) is 0 Å². The van der Waals surface area contributed by atoms with Gasteiger partial charge in [-0.05, 0) is 62.9 Å². The van der Waals surface area contributed by atoms with Gasteiger partial charge in [0.1, 0.15) is 6.10 Å². The second-order valence-electron chi connectivity index (χ2n) is 7.42. The second kappa shape index (κ2) is 26.1. The van der Waals surface area contributed by atoms with Gasteiger partial charge in [0.25, 0.3) is 0 Å². The van der Waals surface area contributed by atoms with Crippen molar-refractivity contribution in [2.24, 2.45) is 0 Å². The first-order valence-corrected chi connectivity index (χ1v) is 11.9. The lowest BCUT2D eigenvalue weighted by Crippen LogP contribution is -1.95. The summed E-state index contributed by atoms with van der Waals surface area (Å²) in [5.74, 6) is 29.9. The van der Waals surface area contributed by atoms with E-state index in [1.807, 2.05) is 6.08 Å². The van der Waals surface area contributed by atoms with E-state index in [0.717, 1.165) is 96.3 Å². The van der Waals surface area contributed by atoms with Crippen LogP contribution in [0.1, 0.15) is 103 Å². The molecule has 0 aromatic heterocycles. The van der Waals surface area contributed by atoms with Gasteiger partial charge in [-0.25, -0.2) is 0 Å². The summed E-state index contributed by atoms with van der Waals surface area (Å²) in [6, 6.07) is 0. The first-order chi connectivity index (χ1) is 15.8. The Bertz CT molecular complexity index is 815. The van der Waals surface area contributed by atoms with Gasteiger partial charge in [-0.1, -0.05) is 36.7 Å². The van der Waals surface area contributed by atoms with Crippen LogP contribution < -0.4 is 0 Å². The molecule has 0 aliphatic rings. The normalized spacial score (nSPS) is 10.1. The number of hydrogen-bond acceptors (Lipinski definition) is 1. The highest BCUT2D eigenvalue weighted by molar-refractivity contribution is 5.25. The van der Waals surface area contributed by atoms with Crippen molar-refractivity contribution in [2.75, 3.05) is 0 Å². The summed E-state index contributed by atoms with van der Waals surface area (Å²) in [6.07, 6.45) is 29.3. The van der Waals surface area contributed by atoms with Crippen molar-refractivity contribution < 1.29 is 5.11 Å². The van der Waals surface area contributed by atoms with Crippen LogP contribution in [0.4, 0.5) is 0 Å². The van der Waals surface area contributed by atoms with Crippen molar-refractivity contribution in [3.05, 3.63) is 12.2 Å². The first kappa shape index (κ1) is 29.1. The molecule has 1 N–H and O–H groups in total. The highest BCUT2D eigenvalue weighted by Crippen LogP contribution is 2.03. The van der Waals surface area contributed by atoms with Gasteiger partial charge in [0.05, 0.1) is 0 Å². The van der Waals surface area contributed by atoms with Crippen molar-refractivity contribution >= 4 is 0 Å². The molecule has 32 heavy (non-hydrogen) atoms. The highest BCUT2D eigenvalue weighted by atomic mass is 16.3. The topological polar surface area (TPSA) is 20.2 Å². The van der Waals surface area contributed by atoms with Crippen LogP contribution in [0.15, 0.2) is 12.2 Å². The monoisotopic (exact) mass is 426 g/mol. The molecule has 0 saturated carbocycles. The van der Waals surface area contributed by atoms with E-state index in [1.54, 1.807) is 6.08 Å². The molecule has 1 nitrogen and oxygen atoms in total. The summed E-state index contributed by atoms with van der Waals surface area (Å²) in [4.78, 5) is 0. The zero-order chi connectivity index (χ0) is 23.4. The summed E-state index contributed by atoms with van der Waals surface area (Å²) in [5, 5.41) is 9.18. The van der Waals surface area contributed by atoms with E-state index in [1.165, 1.54) is 6.42 Å². The quantitative estimate of drug-likeness (QED) is 0.193. The van der Waals surface area contributed by atoms with Gasteiger partial charge >= 0.3 is 0 Å². The fourth-order valence-electron chi connectivity index (χ4n) is 2.65. The molecule has 0 unspecified atom stereocenters. The number of hydrogen-bond donors (Lipinski definition) is 1. The van der Waals surface area contributed by atoms with E-state index >= 15 is 0 Å². The molecule has 0 spiro atoms. The molecule has 1 atom stereocenters. The third kappa shape index (κ3) is 25.1. The zero-order valence-electron chi connectivity index (χ0n) is 19.6. The molecule has 0 aromatic carbocycles. The molecule has 0 rings (SSSR count). The van der Waals surface area contributed by atoms with Gasteiger partial charge in [-0.3, -0.25) is 0 Å². The summed E-state index contributed by atoms with van der Waals surface area (Å²) >= 11 is 0. The Kier molecular flexibility index (Phi) is 23.7. The van der Waals surface area contributed by atoms with Gasteiger partial charge in [-0.15, -0.1) is 42.4 Å². The van der Waals surface area contributed by atoms with Crippen LogP contribution in [0.5, 0.6) is 0 Å². The number of allylic oxidation sites excluding steroid dienone is 1. The maximum Gasteiger partial charge on any atom is 0.133 e. The zero-order valence-corrected chi connectivity index (χ0v) is 19.6. The molecule has 168 valence electrons. The van der Waals surface area contributed by atoms with E-state index in [-0.39, 0.29) is 0 Å². The van der Waals surface area contributed by atoms with E-state index in [9.17, 15) is 5.11 Å². The number of rotatable bonds is 14. The average molecular weight is 427 g/mol. The van der Waals surface area contributed by atoms with Crippen LogP contribution in [0.3, 0.4) is 0 Å². The minimum absolute atomic E-state index is 0.757. The van der Waals surface area contributed by atoms with Crippen LogP contribution in [-0.2, 0) is 0 Å². The van der Waals surface area contributed by atoms with Crippen LogP contribution in [0, 0.1) is 72.1 Å². The Morgan fingerprint density at radius 2 is 1.03 bits per heavy atom. The largest absolute Gasteiger partial charge is 0.377 e. The van der Waals surface area contributed by atoms with Crippen LogP contribution in [0.2, 0.25) is 0 Å². The lowest BCUT2D eigenvalue weighted by Gasteiger charge is -1.95. The van der Waals surface area contributed by atoms with Crippen molar-refractivity contribution in [2.45, 2.75) is 109 Å². The van der Waals surface area contributed by atoms with Gasteiger partial charge in [-0.2, -0.15) is 0 Å². The molecule has 0 saturated heterocycles. The number of aliphatic hydroxyl groups excluding tert-OH is 1. The summed E-state index contributed by atoms with van der Waals surface area (Å²) in [5.41, 5.74) is 0. The fraction of sp³-hybridized carbons (Fsp3) is 0.548. The number of aliphatic hydroxyl groups is 1. The van der Waals surface area contributed by atoms with Crippen LogP contribution in [-0.4, -0.2) is 11.2 Å². The minimum Gasteiger partial charge on any atom is -0.377 e. The van der Waals surface area contributed by atoms with Crippen molar-refractivity contribution in [3.8, 4) is 72.1 Å². The lowest BCUT2D eigenvalue weighted by atomic mass is 10.1. The number of terminal acetylenes is 2. The molecule has 0 aliphatic heterocycles. The standard InChI is InChI=1S/C31H38O/c1-3-5-6-7-8-9-10-11-12-13-14-15-16-17-18-19-20-21-22-23-24-25-26-27-28-29-30-31(32)4-2/h1-2,29-32H,5-9,12-14,17-19,24-28H2/b30-29+/t31-/m1/s1. The predicted molar refractivity (Wildman–Crippen MR) is 138 cm³/mol. The van der Waals surface area contributed by atoms with E-state index in [2.05, 4.69) is 59.2 Å². The highest BCUT2D eigenvalue weighted by Gasteiger charge is 1.89. The molecule has 0 aromatic rings. The molecule has 0 fully saturated rings. The van der Waals surface area contributed by atoms with Crippen molar-refractivity contribution in [1.82, 2.24) is 0 Å². The Morgan fingerprint density at radius 1 is 0.562 bits per heavy atom. The summed E-state index contributed by atoms with van der Waals surface area (Å²) < 4.78 is 0. The molecule has 0 bridgehead atoms.